The summed E-state index contributed by atoms with van der Waals surface area (Å²) in [5.74, 6) is -0.402. The lowest BCUT2D eigenvalue weighted by atomic mass is 10.0. The number of aromatic nitrogens is 1. The molecule has 31 heavy (non-hydrogen) atoms. The molecule has 1 amide bonds. The summed E-state index contributed by atoms with van der Waals surface area (Å²) < 4.78 is 5.63. The van der Waals surface area contributed by atoms with Crippen LogP contribution in [0.4, 0.5) is 17.1 Å². The fourth-order valence-electron chi connectivity index (χ4n) is 3.10. The van der Waals surface area contributed by atoms with E-state index in [1.165, 1.54) is 12.1 Å². The first-order chi connectivity index (χ1) is 14.5. The molecule has 0 bridgehead atoms. The Kier molecular flexibility index (Phi) is 6.16. The van der Waals surface area contributed by atoms with Crippen LogP contribution in [-0.2, 0) is 0 Å². The molecule has 3 aromatic rings. The number of nitro groups is 1. The zero-order valence-corrected chi connectivity index (χ0v) is 17.9. The smallest absolute Gasteiger partial charge is 0.274 e. The lowest BCUT2D eigenvalue weighted by Crippen LogP contribution is -2.29. The normalized spacial score (nSPS) is 12.4. The maximum atomic E-state index is 13.3. The maximum absolute atomic E-state index is 13.3. The highest BCUT2D eigenvalue weighted by Gasteiger charge is 2.26. The Morgan fingerprint density at radius 1 is 1.29 bits per heavy atom. The fraction of sp³-hybridized carbons (Fsp3) is 0.318. The van der Waals surface area contributed by atoms with Crippen molar-refractivity contribution < 1.29 is 19.6 Å². The summed E-state index contributed by atoms with van der Waals surface area (Å²) in [5, 5.41) is 28.0. The molecule has 4 N–H and O–H groups in total. The van der Waals surface area contributed by atoms with E-state index in [1.807, 2.05) is 32.9 Å². The topological polar surface area (TPSA) is 130 Å². The number of aliphatic hydroxyl groups excluding tert-OH is 1. The molecule has 3 rings (SSSR count). The third kappa shape index (κ3) is 5.32. The molecule has 1 atom stereocenters. The van der Waals surface area contributed by atoms with Crippen LogP contribution in [0.25, 0.3) is 10.9 Å². The number of nitrogens with one attached hydrogen (secondary N) is 3. The molecular weight excluding hydrogens is 400 g/mol. The van der Waals surface area contributed by atoms with Crippen LogP contribution in [0.3, 0.4) is 0 Å². The standard InChI is InChI=1S/C22H26N4O5/c1-13(27)12-31-19-11-14(26(29)30)10-16(20(19)25-22(2,3)4)21(28)24-18-7-5-6-17-15(18)8-9-23-17/h5-11,13,23,25,27H,12H2,1-4H3,(H,24,28). The van der Waals surface area contributed by atoms with Gasteiger partial charge >= 0.3 is 0 Å². The van der Waals surface area contributed by atoms with Gasteiger partial charge in [0.1, 0.15) is 12.4 Å². The number of carbonyl (C=O) groups is 1. The van der Waals surface area contributed by atoms with Crippen molar-refractivity contribution in [2.75, 3.05) is 17.2 Å². The van der Waals surface area contributed by atoms with E-state index in [9.17, 15) is 20.0 Å². The van der Waals surface area contributed by atoms with Crippen LogP contribution in [-0.4, -0.2) is 39.2 Å². The lowest BCUT2D eigenvalue weighted by Gasteiger charge is -2.26. The minimum atomic E-state index is -0.787. The van der Waals surface area contributed by atoms with Gasteiger partial charge in [-0.3, -0.25) is 14.9 Å². The summed E-state index contributed by atoms with van der Waals surface area (Å²) in [6.45, 7) is 7.16. The quantitative estimate of drug-likeness (QED) is 0.329. The second-order valence-electron chi connectivity index (χ2n) is 8.36. The molecule has 1 heterocycles. The number of anilines is 2. The zero-order valence-electron chi connectivity index (χ0n) is 17.9. The van der Waals surface area contributed by atoms with Crippen molar-refractivity contribution >= 4 is 33.9 Å². The molecule has 0 aliphatic carbocycles. The van der Waals surface area contributed by atoms with Crippen LogP contribution in [0.2, 0.25) is 0 Å². The number of non-ortho nitro benzene ring substituents is 1. The van der Waals surface area contributed by atoms with Crippen molar-refractivity contribution in [3.63, 3.8) is 0 Å². The van der Waals surface area contributed by atoms with Crippen molar-refractivity contribution in [2.45, 2.75) is 39.3 Å². The van der Waals surface area contributed by atoms with Crippen LogP contribution in [0.1, 0.15) is 38.1 Å². The summed E-state index contributed by atoms with van der Waals surface area (Å²) in [4.78, 5) is 27.3. The van der Waals surface area contributed by atoms with Crippen LogP contribution in [0.5, 0.6) is 5.75 Å². The predicted molar refractivity (Wildman–Crippen MR) is 120 cm³/mol. The van der Waals surface area contributed by atoms with E-state index in [0.717, 1.165) is 10.9 Å². The van der Waals surface area contributed by atoms with Gasteiger partial charge in [0.25, 0.3) is 11.6 Å². The van der Waals surface area contributed by atoms with E-state index in [4.69, 9.17) is 4.74 Å². The number of nitrogens with zero attached hydrogens (tertiary/aromatic N) is 1. The number of H-pyrrole nitrogens is 1. The number of fused-ring (bicyclic) bond motifs is 1. The van der Waals surface area contributed by atoms with Gasteiger partial charge < -0.3 is 25.5 Å². The molecule has 0 saturated carbocycles. The van der Waals surface area contributed by atoms with Gasteiger partial charge in [0.15, 0.2) is 0 Å². The monoisotopic (exact) mass is 426 g/mol. The second-order valence-corrected chi connectivity index (χ2v) is 8.36. The number of aliphatic hydroxyl groups is 1. The zero-order chi connectivity index (χ0) is 22.8. The highest BCUT2D eigenvalue weighted by molar-refractivity contribution is 6.12. The third-order valence-corrected chi connectivity index (χ3v) is 4.37. The minimum absolute atomic E-state index is 0.0669. The van der Waals surface area contributed by atoms with E-state index >= 15 is 0 Å². The van der Waals surface area contributed by atoms with Crippen molar-refractivity contribution in [1.29, 1.82) is 0 Å². The molecule has 0 fully saturated rings. The largest absolute Gasteiger partial charge is 0.488 e. The van der Waals surface area contributed by atoms with Crippen molar-refractivity contribution in [3.8, 4) is 5.75 Å². The van der Waals surface area contributed by atoms with Gasteiger partial charge in [-0.25, -0.2) is 0 Å². The van der Waals surface area contributed by atoms with E-state index in [-0.39, 0.29) is 23.6 Å². The fourth-order valence-corrected chi connectivity index (χ4v) is 3.10. The van der Waals surface area contributed by atoms with Gasteiger partial charge in [0.2, 0.25) is 0 Å². The first-order valence-electron chi connectivity index (χ1n) is 9.84. The van der Waals surface area contributed by atoms with Crippen LogP contribution in [0, 0.1) is 10.1 Å². The molecule has 0 aliphatic heterocycles. The Morgan fingerprint density at radius 3 is 2.68 bits per heavy atom. The number of amides is 1. The van der Waals surface area contributed by atoms with Gasteiger partial charge in [-0.05, 0) is 45.9 Å². The molecular formula is C22H26N4O5. The first kappa shape index (κ1) is 22.1. The highest BCUT2D eigenvalue weighted by Crippen LogP contribution is 2.36. The Hall–Kier alpha value is -3.59. The summed E-state index contributed by atoms with van der Waals surface area (Å²) in [5.41, 5.74) is 1.06. The number of benzene rings is 2. The summed E-state index contributed by atoms with van der Waals surface area (Å²) in [7, 11) is 0. The molecule has 0 saturated heterocycles. The number of aromatic amines is 1. The average molecular weight is 426 g/mol. The van der Waals surface area contributed by atoms with Gasteiger partial charge in [0.05, 0.1) is 34.0 Å². The first-order valence-corrected chi connectivity index (χ1v) is 9.84. The van der Waals surface area contributed by atoms with Gasteiger partial charge in [-0.2, -0.15) is 0 Å². The summed E-state index contributed by atoms with van der Waals surface area (Å²) in [6, 6.07) is 9.74. The van der Waals surface area contributed by atoms with Gasteiger partial charge in [0, 0.05) is 28.7 Å². The number of rotatable bonds is 7. The SMILES string of the molecule is CC(O)COc1cc([N+](=O)[O-])cc(C(=O)Nc2cccc3[nH]ccc23)c1NC(C)(C)C. The Balaban J connectivity index is 2.09. The van der Waals surface area contributed by atoms with Crippen molar-refractivity contribution in [2.24, 2.45) is 0 Å². The molecule has 0 aliphatic rings. The van der Waals surface area contributed by atoms with Crippen LogP contribution < -0.4 is 15.4 Å². The van der Waals surface area contributed by atoms with Gasteiger partial charge in [-0.1, -0.05) is 6.07 Å². The van der Waals surface area contributed by atoms with Gasteiger partial charge in [-0.15, -0.1) is 0 Å². The Bertz CT molecular complexity index is 1110. The number of hydrogen-bond acceptors (Lipinski definition) is 6. The number of carbonyl (C=O) groups excluding carboxylic acids is 1. The lowest BCUT2D eigenvalue weighted by molar-refractivity contribution is -0.384. The minimum Gasteiger partial charge on any atom is -0.488 e. The third-order valence-electron chi connectivity index (χ3n) is 4.37. The van der Waals surface area contributed by atoms with Crippen molar-refractivity contribution in [3.05, 3.63) is 58.3 Å². The molecule has 0 radical (unpaired) electrons. The van der Waals surface area contributed by atoms with Crippen LogP contribution >= 0.6 is 0 Å². The number of nitro benzene ring substituents is 1. The molecule has 1 aromatic heterocycles. The van der Waals surface area contributed by atoms with E-state index in [2.05, 4.69) is 15.6 Å². The number of hydrogen-bond donors (Lipinski definition) is 4. The average Bonchev–Trinajstić information content (AvgIpc) is 3.15. The predicted octanol–water partition coefficient (Wildman–Crippen LogP) is 4.30. The molecule has 9 nitrogen and oxygen atoms in total. The maximum Gasteiger partial charge on any atom is 0.274 e. The van der Waals surface area contributed by atoms with E-state index in [0.29, 0.717) is 11.4 Å². The highest BCUT2D eigenvalue weighted by atomic mass is 16.6. The Labute approximate surface area is 179 Å². The van der Waals surface area contributed by atoms with E-state index in [1.54, 1.807) is 25.3 Å². The number of ether oxygens (including phenoxy) is 1. The summed E-state index contributed by atoms with van der Waals surface area (Å²) in [6.07, 6.45) is 0.979. The molecule has 164 valence electrons. The summed E-state index contributed by atoms with van der Waals surface area (Å²) >= 11 is 0. The molecule has 1 unspecified atom stereocenters. The second kappa shape index (κ2) is 8.65. The van der Waals surface area contributed by atoms with Crippen LogP contribution in [0.15, 0.2) is 42.6 Å². The molecule has 0 spiro atoms. The Morgan fingerprint density at radius 2 is 2.03 bits per heavy atom. The molecule has 2 aromatic carbocycles. The molecule has 9 heteroatoms. The van der Waals surface area contributed by atoms with E-state index < -0.39 is 22.5 Å². The van der Waals surface area contributed by atoms with Crippen molar-refractivity contribution in [1.82, 2.24) is 4.98 Å².